The molecule has 0 bridgehead atoms. The number of ether oxygens (including phenoxy) is 2. The van der Waals surface area contributed by atoms with E-state index in [1.165, 1.54) is 0 Å². The van der Waals surface area contributed by atoms with Crippen LogP contribution in [-0.4, -0.2) is 38.6 Å². The zero-order chi connectivity index (χ0) is 15.9. The van der Waals surface area contributed by atoms with Gasteiger partial charge in [-0.3, -0.25) is 4.79 Å². The van der Waals surface area contributed by atoms with Gasteiger partial charge in [0.05, 0.1) is 19.8 Å². The van der Waals surface area contributed by atoms with Crippen molar-refractivity contribution >= 4 is 5.91 Å². The smallest absolute Gasteiger partial charge is 0.257 e. The number of nitrogens with zero attached hydrogens (tertiary/aromatic N) is 1. The summed E-state index contributed by atoms with van der Waals surface area (Å²) in [6.07, 6.45) is 0.738. The van der Waals surface area contributed by atoms with Gasteiger partial charge in [-0.1, -0.05) is 30.3 Å². The molecular weight excluding hydrogens is 278 g/mol. The Kier molecular flexibility index (Phi) is 5.42. The van der Waals surface area contributed by atoms with Crippen LogP contribution in [0, 0.1) is 0 Å². The molecule has 0 radical (unpaired) electrons. The molecule has 22 heavy (non-hydrogen) atoms. The minimum atomic E-state index is -0.0488. The fourth-order valence-corrected chi connectivity index (χ4v) is 2.33. The summed E-state index contributed by atoms with van der Waals surface area (Å²) in [5.41, 5.74) is 1.66. The first-order valence-corrected chi connectivity index (χ1v) is 7.17. The summed E-state index contributed by atoms with van der Waals surface area (Å²) in [5.74, 6) is 1.39. The lowest BCUT2D eigenvalue weighted by molar-refractivity contribution is 0.0793. The Morgan fingerprint density at radius 2 is 1.55 bits per heavy atom. The molecule has 2 rings (SSSR count). The molecule has 4 nitrogen and oxygen atoms in total. The van der Waals surface area contributed by atoms with Crippen molar-refractivity contribution in [3.05, 3.63) is 59.7 Å². The molecule has 0 saturated carbocycles. The van der Waals surface area contributed by atoms with Gasteiger partial charge in [-0.05, 0) is 30.2 Å². The first kappa shape index (κ1) is 15.9. The van der Waals surface area contributed by atoms with Crippen molar-refractivity contribution in [3.8, 4) is 11.5 Å². The fourth-order valence-electron chi connectivity index (χ4n) is 2.33. The number of methoxy groups -OCH3 is 2. The molecule has 0 fully saturated rings. The molecule has 116 valence electrons. The Bertz CT molecular complexity index is 640. The number of amides is 1. The van der Waals surface area contributed by atoms with Crippen molar-refractivity contribution in [2.24, 2.45) is 0 Å². The predicted molar refractivity (Wildman–Crippen MR) is 86.7 cm³/mol. The highest BCUT2D eigenvalue weighted by molar-refractivity contribution is 5.96. The van der Waals surface area contributed by atoms with E-state index in [2.05, 4.69) is 0 Å². The monoisotopic (exact) mass is 299 g/mol. The van der Waals surface area contributed by atoms with Crippen LogP contribution in [0.1, 0.15) is 15.9 Å². The highest BCUT2D eigenvalue weighted by Crippen LogP contribution is 2.20. The van der Waals surface area contributed by atoms with Gasteiger partial charge in [-0.2, -0.15) is 0 Å². The van der Waals surface area contributed by atoms with Crippen LogP contribution < -0.4 is 9.47 Å². The van der Waals surface area contributed by atoms with E-state index < -0.39 is 0 Å². The van der Waals surface area contributed by atoms with E-state index >= 15 is 0 Å². The van der Waals surface area contributed by atoms with Gasteiger partial charge < -0.3 is 14.4 Å². The van der Waals surface area contributed by atoms with Gasteiger partial charge in [0.2, 0.25) is 0 Å². The summed E-state index contributed by atoms with van der Waals surface area (Å²) >= 11 is 0. The number of rotatable bonds is 6. The first-order chi connectivity index (χ1) is 10.7. The van der Waals surface area contributed by atoms with Gasteiger partial charge in [-0.15, -0.1) is 0 Å². The maximum Gasteiger partial charge on any atom is 0.257 e. The van der Waals surface area contributed by atoms with Crippen LogP contribution >= 0.6 is 0 Å². The molecule has 0 atom stereocenters. The third-order valence-electron chi connectivity index (χ3n) is 3.59. The average molecular weight is 299 g/mol. The van der Waals surface area contributed by atoms with Crippen molar-refractivity contribution in [2.75, 3.05) is 27.8 Å². The van der Waals surface area contributed by atoms with Gasteiger partial charge in [0.15, 0.2) is 0 Å². The maximum absolute atomic E-state index is 12.5. The van der Waals surface area contributed by atoms with Crippen LogP contribution in [0.25, 0.3) is 0 Å². The van der Waals surface area contributed by atoms with E-state index in [-0.39, 0.29) is 5.91 Å². The summed E-state index contributed by atoms with van der Waals surface area (Å²) < 4.78 is 10.6. The molecule has 0 heterocycles. The third-order valence-corrected chi connectivity index (χ3v) is 3.59. The van der Waals surface area contributed by atoms with Gasteiger partial charge in [-0.25, -0.2) is 0 Å². The lowest BCUT2D eigenvalue weighted by atomic mass is 10.1. The number of para-hydroxylation sites is 2. The maximum atomic E-state index is 12.5. The second kappa shape index (κ2) is 7.50. The molecular formula is C18H21NO3. The van der Waals surface area contributed by atoms with Gasteiger partial charge >= 0.3 is 0 Å². The lowest BCUT2D eigenvalue weighted by Gasteiger charge is -2.19. The molecule has 0 saturated heterocycles. The van der Waals surface area contributed by atoms with Gasteiger partial charge in [0.1, 0.15) is 11.5 Å². The van der Waals surface area contributed by atoms with Crippen LogP contribution in [-0.2, 0) is 6.42 Å². The number of carbonyl (C=O) groups excluding carboxylic acids is 1. The molecule has 0 aliphatic carbocycles. The number of carbonyl (C=O) groups is 1. The molecule has 0 spiro atoms. The largest absolute Gasteiger partial charge is 0.496 e. The molecule has 0 aromatic heterocycles. The molecule has 2 aromatic rings. The zero-order valence-electron chi connectivity index (χ0n) is 13.2. The van der Waals surface area contributed by atoms with Crippen LogP contribution in [0.5, 0.6) is 11.5 Å². The summed E-state index contributed by atoms with van der Waals surface area (Å²) in [4.78, 5) is 14.2. The quantitative estimate of drug-likeness (QED) is 0.823. The third kappa shape index (κ3) is 3.58. The van der Waals surface area contributed by atoms with Crippen LogP contribution in [0.15, 0.2) is 48.5 Å². The number of hydrogen-bond acceptors (Lipinski definition) is 3. The Labute approximate surface area is 131 Å². The Balaban J connectivity index is 2.06. The highest BCUT2D eigenvalue weighted by atomic mass is 16.5. The summed E-state index contributed by atoms with van der Waals surface area (Å²) in [6.45, 7) is 0.608. The first-order valence-electron chi connectivity index (χ1n) is 7.17. The van der Waals surface area contributed by atoms with Crippen LogP contribution in [0.4, 0.5) is 0 Å². The Morgan fingerprint density at radius 1 is 0.955 bits per heavy atom. The molecule has 0 unspecified atom stereocenters. The predicted octanol–water partition coefficient (Wildman–Crippen LogP) is 3.02. The van der Waals surface area contributed by atoms with Crippen molar-refractivity contribution in [3.63, 3.8) is 0 Å². The van der Waals surface area contributed by atoms with Crippen LogP contribution in [0.3, 0.4) is 0 Å². The van der Waals surface area contributed by atoms with Crippen LogP contribution in [0.2, 0.25) is 0 Å². The molecule has 0 aliphatic rings. The molecule has 0 N–H and O–H groups in total. The van der Waals surface area contributed by atoms with Gasteiger partial charge in [0.25, 0.3) is 5.91 Å². The second-order valence-corrected chi connectivity index (χ2v) is 4.99. The second-order valence-electron chi connectivity index (χ2n) is 4.99. The minimum absolute atomic E-state index is 0.0488. The van der Waals surface area contributed by atoms with E-state index in [1.807, 2.05) is 36.4 Å². The zero-order valence-corrected chi connectivity index (χ0v) is 13.2. The van der Waals surface area contributed by atoms with E-state index in [0.29, 0.717) is 17.9 Å². The fraction of sp³-hybridized carbons (Fsp3) is 0.278. The van der Waals surface area contributed by atoms with Crippen molar-refractivity contribution in [1.82, 2.24) is 4.90 Å². The molecule has 2 aromatic carbocycles. The highest BCUT2D eigenvalue weighted by Gasteiger charge is 2.16. The number of hydrogen-bond donors (Lipinski definition) is 0. The van der Waals surface area contributed by atoms with Crippen molar-refractivity contribution < 1.29 is 14.3 Å². The minimum Gasteiger partial charge on any atom is -0.496 e. The summed E-state index contributed by atoms with van der Waals surface area (Å²) in [6, 6.07) is 15.1. The van der Waals surface area contributed by atoms with Gasteiger partial charge in [0, 0.05) is 13.6 Å². The molecule has 1 amide bonds. The van der Waals surface area contributed by atoms with E-state index in [9.17, 15) is 4.79 Å². The normalized spacial score (nSPS) is 10.1. The Hall–Kier alpha value is -2.49. The average Bonchev–Trinajstić information content (AvgIpc) is 2.59. The van der Waals surface area contributed by atoms with E-state index in [1.54, 1.807) is 38.3 Å². The van der Waals surface area contributed by atoms with Crippen molar-refractivity contribution in [1.29, 1.82) is 0 Å². The summed E-state index contributed by atoms with van der Waals surface area (Å²) in [7, 11) is 5.02. The molecule has 0 aliphatic heterocycles. The van der Waals surface area contributed by atoms with E-state index in [0.717, 1.165) is 17.7 Å². The topological polar surface area (TPSA) is 38.8 Å². The molecule has 4 heteroatoms. The Morgan fingerprint density at radius 3 is 2.23 bits per heavy atom. The van der Waals surface area contributed by atoms with Crippen molar-refractivity contribution in [2.45, 2.75) is 6.42 Å². The SMILES string of the molecule is COc1ccccc1CCN(C)C(=O)c1ccccc1OC. The van der Waals surface area contributed by atoms with E-state index in [4.69, 9.17) is 9.47 Å². The standard InChI is InChI=1S/C18H21NO3/c1-19(13-12-14-8-4-6-10-16(14)21-2)18(20)15-9-5-7-11-17(15)22-3/h4-11H,12-13H2,1-3H3. The summed E-state index contributed by atoms with van der Waals surface area (Å²) in [5, 5.41) is 0. The lowest BCUT2D eigenvalue weighted by Crippen LogP contribution is -2.29. The number of likely N-dealkylation sites (N-methyl/N-ethyl adjacent to an activating group) is 1. The number of benzene rings is 2.